The maximum absolute atomic E-state index is 9.96. The highest BCUT2D eigenvalue weighted by Gasteiger charge is 2.35. The number of halogens is 1. The van der Waals surface area contributed by atoms with Crippen LogP contribution in [0.15, 0.2) is 30.3 Å². The first-order chi connectivity index (χ1) is 9.74. The number of benzene rings is 1. The molecule has 0 aromatic heterocycles. The van der Waals surface area contributed by atoms with Gasteiger partial charge in [0.25, 0.3) is 0 Å². The number of aliphatic hydroxyl groups is 2. The molecule has 0 radical (unpaired) electrons. The van der Waals surface area contributed by atoms with Crippen molar-refractivity contribution in [2.24, 2.45) is 0 Å². The molecular weight excluding hydrogens is 371 g/mol. The van der Waals surface area contributed by atoms with Crippen LogP contribution in [0.5, 0.6) is 0 Å². The molecule has 4 nitrogen and oxygen atoms in total. The average Bonchev–Trinajstić information content (AvgIpc) is 2.97. The molecule has 0 bridgehead atoms. The summed E-state index contributed by atoms with van der Waals surface area (Å²) >= 11 is 2.30. The summed E-state index contributed by atoms with van der Waals surface area (Å²) in [5.41, 5.74) is 1.05. The van der Waals surface area contributed by atoms with Gasteiger partial charge in [0.05, 0.1) is 25.4 Å². The minimum absolute atomic E-state index is 0.138. The van der Waals surface area contributed by atoms with Gasteiger partial charge in [0.1, 0.15) is 12.2 Å². The summed E-state index contributed by atoms with van der Waals surface area (Å²) in [5.74, 6) is 0. The molecule has 5 heteroatoms. The van der Waals surface area contributed by atoms with E-state index in [1.54, 1.807) is 0 Å². The minimum atomic E-state index is -0.906. The van der Waals surface area contributed by atoms with Crippen molar-refractivity contribution >= 4 is 22.6 Å². The molecule has 2 N–H and O–H groups in total. The molecule has 1 heterocycles. The maximum atomic E-state index is 9.96. The first-order valence-electron chi connectivity index (χ1n) is 6.90. The number of rotatable bonds is 7. The van der Waals surface area contributed by atoms with Crippen molar-refractivity contribution in [1.29, 1.82) is 0 Å². The number of ether oxygens (including phenoxy) is 2. The van der Waals surface area contributed by atoms with E-state index in [4.69, 9.17) is 9.47 Å². The highest BCUT2D eigenvalue weighted by atomic mass is 127. The van der Waals surface area contributed by atoms with Gasteiger partial charge in [-0.3, -0.25) is 0 Å². The highest BCUT2D eigenvalue weighted by Crippen LogP contribution is 2.27. The zero-order valence-electron chi connectivity index (χ0n) is 11.3. The molecular formula is C15H21IO4. The SMILES string of the molecule is OCC(O)C(OCc1ccccc1)C1CCC(CI)O1. The van der Waals surface area contributed by atoms with Crippen LogP contribution in [0, 0.1) is 0 Å². The Bertz CT molecular complexity index is 387. The fourth-order valence-electron chi connectivity index (χ4n) is 2.43. The van der Waals surface area contributed by atoms with E-state index in [0.29, 0.717) is 6.61 Å². The highest BCUT2D eigenvalue weighted by molar-refractivity contribution is 14.1. The molecule has 1 aromatic carbocycles. The fourth-order valence-corrected chi connectivity index (χ4v) is 3.07. The first-order valence-corrected chi connectivity index (χ1v) is 8.43. The molecule has 112 valence electrons. The summed E-state index contributed by atoms with van der Waals surface area (Å²) < 4.78 is 12.6. The maximum Gasteiger partial charge on any atom is 0.112 e. The molecule has 0 aliphatic carbocycles. The molecule has 0 saturated carbocycles. The third kappa shape index (κ3) is 4.39. The summed E-state index contributed by atoms with van der Waals surface area (Å²) in [4.78, 5) is 0. The van der Waals surface area contributed by atoms with Gasteiger partial charge in [0, 0.05) is 4.43 Å². The molecule has 1 aromatic rings. The number of hydrogen-bond donors (Lipinski definition) is 2. The Morgan fingerprint density at radius 3 is 2.65 bits per heavy atom. The topological polar surface area (TPSA) is 58.9 Å². The van der Waals surface area contributed by atoms with Gasteiger partial charge in [-0.2, -0.15) is 0 Å². The number of aliphatic hydroxyl groups excluding tert-OH is 2. The van der Waals surface area contributed by atoms with Crippen LogP contribution in [-0.2, 0) is 16.1 Å². The zero-order valence-corrected chi connectivity index (χ0v) is 13.5. The van der Waals surface area contributed by atoms with Crippen molar-refractivity contribution in [1.82, 2.24) is 0 Å². The Morgan fingerprint density at radius 1 is 1.30 bits per heavy atom. The zero-order chi connectivity index (χ0) is 14.4. The van der Waals surface area contributed by atoms with Crippen LogP contribution in [0.2, 0.25) is 0 Å². The Labute approximate surface area is 133 Å². The van der Waals surface area contributed by atoms with E-state index in [1.807, 2.05) is 30.3 Å². The summed E-state index contributed by atoms with van der Waals surface area (Å²) in [5, 5.41) is 19.2. The predicted octanol–water partition coefficient (Wildman–Crippen LogP) is 1.91. The molecule has 4 atom stereocenters. The molecule has 1 saturated heterocycles. The van der Waals surface area contributed by atoms with Gasteiger partial charge >= 0.3 is 0 Å². The normalized spacial score (nSPS) is 25.6. The van der Waals surface area contributed by atoms with Crippen LogP contribution < -0.4 is 0 Å². The van der Waals surface area contributed by atoms with Crippen LogP contribution in [0.4, 0.5) is 0 Å². The molecule has 2 rings (SSSR count). The van der Waals surface area contributed by atoms with Gasteiger partial charge in [-0.05, 0) is 18.4 Å². The Morgan fingerprint density at radius 2 is 2.05 bits per heavy atom. The molecule has 4 unspecified atom stereocenters. The van der Waals surface area contributed by atoms with E-state index >= 15 is 0 Å². The second-order valence-corrected chi connectivity index (χ2v) is 5.92. The summed E-state index contributed by atoms with van der Waals surface area (Å²) in [6, 6.07) is 9.81. The number of hydrogen-bond acceptors (Lipinski definition) is 4. The Hall–Kier alpha value is -0.210. The molecule has 0 amide bonds. The Balaban J connectivity index is 1.94. The van der Waals surface area contributed by atoms with Gasteiger partial charge in [0.2, 0.25) is 0 Å². The standard InChI is InChI=1S/C15H21IO4/c16-8-12-6-7-14(20-12)15(13(18)9-17)19-10-11-4-2-1-3-5-11/h1-5,12-15,17-18H,6-10H2. The quantitative estimate of drug-likeness (QED) is 0.550. The first kappa shape index (κ1) is 16.2. The monoisotopic (exact) mass is 392 g/mol. The lowest BCUT2D eigenvalue weighted by atomic mass is 10.0. The number of alkyl halides is 1. The molecule has 1 aliphatic rings. The van der Waals surface area contributed by atoms with E-state index in [2.05, 4.69) is 22.6 Å². The predicted molar refractivity (Wildman–Crippen MR) is 84.9 cm³/mol. The van der Waals surface area contributed by atoms with Crippen molar-refractivity contribution in [2.45, 2.75) is 43.9 Å². The van der Waals surface area contributed by atoms with Crippen molar-refractivity contribution in [3.8, 4) is 0 Å². The van der Waals surface area contributed by atoms with Gasteiger partial charge < -0.3 is 19.7 Å². The smallest absolute Gasteiger partial charge is 0.112 e. The van der Waals surface area contributed by atoms with Crippen molar-refractivity contribution < 1.29 is 19.7 Å². The lowest BCUT2D eigenvalue weighted by Crippen LogP contribution is -2.41. The van der Waals surface area contributed by atoms with Crippen LogP contribution in [0.3, 0.4) is 0 Å². The van der Waals surface area contributed by atoms with Gasteiger partial charge in [-0.25, -0.2) is 0 Å². The van der Waals surface area contributed by atoms with Crippen LogP contribution in [0.25, 0.3) is 0 Å². The van der Waals surface area contributed by atoms with Crippen LogP contribution in [0.1, 0.15) is 18.4 Å². The molecule has 1 fully saturated rings. The fraction of sp³-hybridized carbons (Fsp3) is 0.600. The molecule has 1 aliphatic heterocycles. The van der Waals surface area contributed by atoms with Crippen molar-refractivity contribution in [3.05, 3.63) is 35.9 Å². The second kappa shape index (κ2) is 8.29. The molecule has 20 heavy (non-hydrogen) atoms. The Kier molecular flexibility index (Phi) is 6.70. The van der Waals surface area contributed by atoms with E-state index in [-0.39, 0.29) is 18.8 Å². The van der Waals surface area contributed by atoms with Crippen molar-refractivity contribution in [2.75, 3.05) is 11.0 Å². The van der Waals surface area contributed by atoms with Gasteiger partial charge in [-0.15, -0.1) is 0 Å². The summed E-state index contributed by atoms with van der Waals surface area (Å²) in [6.45, 7) is 0.103. The third-order valence-electron chi connectivity index (χ3n) is 3.53. The van der Waals surface area contributed by atoms with E-state index < -0.39 is 12.2 Å². The minimum Gasteiger partial charge on any atom is -0.394 e. The van der Waals surface area contributed by atoms with E-state index in [0.717, 1.165) is 22.8 Å². The van der Waals surface area contributed by atoms with Crippen LogP contribution >= 0.6 is 22.6 Å². The lowest BCUT2D eigenvalue weighted by molar-refractivity contribution is -0.130. The second-order valence-electron chi connectivity index (χ2n) is 5.04. The summed E-state index contributed by atoms with van der Waals surface area (Å²) in [7, 11) is 0. The average molecular weight is 392 g/mol. The van der Waals surface area contributed by atoms with Gasteiger partial charge in [0.15, 0.2) is 0 Å². The van der Waals surface area contributed by atoms with E-state index in [9.17, 15) is 10.2 Å². The van der Waals surface area contributed by atoms with Gasteiger partial charge in [-0.1, -0.05) is 52.9 Å². The van der Waals surface area contributed by atoms with Crippen molar-refractivity contribution in [3.63, 3.8) is 0 Å². The lowest BCUT2D eigenvalue weighted by Gasteiger charge is -2.27. The third-order valence-corrected chi connectivity index (χ3v) is 4.51. The van der Waals surface area contributed by atoms with E-state index in [1.165, 1.54) is 0 Å². The summed E-state index contributed by atoms with van der Waals surface area (Å²) in [6.07, 6.45) is 0.556. The van der Waals surface area contributed by atoms with Crippen LogP contribution in [-0.4, -0.2) is 45.7 Å². The largest absolute Gasteiger partial charge is 0.394 e. The molecule has 0 spiro atoms.